The molecule has 1 aliphatic rings. The van der Waals surface area contributed by atoms with Crippen molar-refractivity contribution in [3.8, 4) is 0 Å². The fourth-order valence-corrected chi connectivity index (χ4v) is 1.44. The molecule has 0 aliphatic carbocycles. The molecule has 0 aromatic carbocycles. The molecular formula is C9H14FNO2. The van der Waals surface area contributed by atoms with Crippen LogP contribution in [0.5, 0.6) is 0 Å². The van der Waals surface area contributed by atoms with E-state index >= 15 is 0 Å². The first-order valence-electron chi connectivity index (χ1n) is 4.48. The summed E-state index contributed by atoms with van der Waals surface area (Å²) in [4.78, 5) is 11.8. The molecule has 0 saturated carbocycles. The van der Waals surface area contributed by atoms with E-state index < -0.39 is 12.3 Å². The van der Waals surface area contributed by atoms with Crippen molar-refractivity contribution >= 4 is 5.97 Å². The highest BCUT2D eigenvalue weighted by Gasteiger charge is 2.19. The number of halogens is 1. The van der Waals surface area contributed by atoms with Crippen LogP contribution in [0, 0.1) is 0 Å². The van der Waals surface area contributed by atoms with Crippen molar-refractivity contribution in [2.45, 2.75) is 25.6 Å². The molecule has 1 N–H and O–H groups in total. The summed E-state index contributed by atoms with van der Waals surface area (Å²) in [6, 6.07) is 0. The van der Waals surface area contributed by atoms with Gasteiger partial charge in [0.05, 0.1) is 0 Å². The maximum Gasteiger partial charge on any atom is 0.328 e. The number of piperidine rings is 1. The highest BCUT2D eigenvalue weighted by molar-refractivity contribution is 5.79. The zero-order valence-corrected chi connectivity index (χ0v) is 7.45. The SMILES string of the molecule is O=C(O)/C=C/CN1CCCCC1F. The number of carbonyl (C=O) groups is 1. The summed E-state index contributed by atoms with van der Waals surface area (Å²) in [5, 5.41) is 8.31. The van der Waals surface area contributed by atoms with E-state index in [2.05, 4.69) is 0 Å². The van der Waals surface area contributed by atoms with Gasteiger partial charge in [0.15, 0.2) is 6.30 Å². The summed E-state index contributed by atoms with van der Waals surface area (Å²) >= 11 is 0. The third kappa shape index (κ3) is 3.55. The van der Waals surface area contributed by atoms with Gasteiger partial charge in [0.1, 0.15) is 0 Å². The smallest absolute Gasteiger partial charge is 0.328 e. The quantitative estimate of drug-likeness (QED) is 0.536. The minimum Gasteiger partial charge on any atom is -0.478 e. The number of alkyl halides is 1. The molecule has 1 fully saturated rings. The first-order chi connectivity index (χ1) is 6.20. The lowest BCUT2D eigenvalue weighted by molar-refractivity contribution is -0.131. The van der Waals surface area contributed by atoms with Gasteiger partial charge in [-0.05, 0) is 19.3 Å². The molecule has 1 rings (SSSR count). The normalized spacial score (nSPS) is 25.2. The second-order valence-corrected chi connectivity index (χ2v) is 3.17. The number of aliphatic carboxylic acids is 1. The molecular weight excluding hydrogens is 173 g/mol. The van der Waals surface area contributed by atoms with Crippen molar-refractivity contribution in [3.05, 3.63) is 12.2 Å². The summed E-state index contributed by atoms with van der Waals surface area (Å²) in [7, 11) is 0. The van der Waals surface area contributed by atoms with Gasteiger partial charge < -0.3 is 5.11 Å². The molecule has 0 radical (unpaired) electrons. The van der Waals surface area contributed by atoms with E-state index in [9.17, 15) is 9.18 Å². The van der Waals surface area contributed by atoms with Crippen LogP contribution in [0.15, 0.2) is 12.2 Å². The summed E-state index contributed by atoms with van der Waals surface area (Å²) in [5.74, 6) is -0.979. The average molecular weight is 187 g/mol. The lowest BCUT2D eigenvalue weighted by Crippen LogP contribution is -2.36. The Balaban J connectivity index is 2.30. The topological polar surface area (TPSA) is 40.5 Å². The lowest BCUT2D eigenvalue weighted by Gasteiger charge is -2.28. The molecule has 1 unspecified atom stereocenters. The highest BCUT2D eigenvalue weighted by atomic mass is 19.1. The van der Waals surface area contributed by atoms with Gasteiger partial charge >= 0.3 is 5.97 Å². The standard InChI is InChI=1S/C9H14FNO2/c10-8-4-1-2-6-11(8)7-3-5-9(12)13/h3,5,8H,1-2,4,6-7H2,(H,12,13)/b5-3+. The van der Waals surface area contributed by atoms with Crippen LogP contribution in [0.25, 0.3) is 0 Å². The maximum atomic E-state index is 13.1. The first-order valence-corrected chi connectivity index (χ1v) is 4.48. The van der Waals surface area contributed by atoms with Gasteiger partial charge in [-0.25, -0.2) is 9.18 Å². The van der Waals surface area contributed by atoms with E-state index in [1.807, 2.05) is 0 Å². The fraction of sp³-hybridized carbons (Fsp3) is 0.667. The number of hydrogen-bond acceptors (Lipinski definition) is 2. The van der Waals surface area contributed by atoms with Crippen LogP contribution in [0.3, 0.4) is 0 Å². The van der Waals surface area contributed by atoms with E-state index in [0.717, 1.165) is 25.5 Å². The molecule has 0 amide bonds. The molecule has 0 bridgehead atoms. The summed E-state index contributed by atoms with van der Waals surface area (Å²) < 4.78 is 13.1. The fourth-order valence-electron chi connectivity index (χ4n) is 1.44. The predicted molar refractivity (Wildman–Crippen MR) is 47.1 cm³/mol. The van der Waals surface area contributed by atoms with E-state index in [1.54, 1.807) is 4.90 Å². The van der Waals surface area contributed by atoms with E-state index in [4.69, 9.17) is 5.11 Å². The number of nitrogens with zero attached hydrogens (tertiary/aromatic N) is 1. The van der Waals surface area contributed by atoms with Gasteiger partial charge in [-0.15, -0.1) is 0 Å². The molecule has 3 nitrogen and oxygen atoms in total. The molecule has 1 atom stereocenters. The van der Waals surface area contributed by atoms with Gasteiger partial charge in [-0.1, -0.05) is 6.08 Å². The summed E-state index contributed by atoms with van der Waals surface area (Å²) in [6.07, 6.45) is 4.15. The predicted octanol–water partition coefficient (Wildman–Crippen LogP) is 1.41. The van der Waals surface area contributed by atoms with Crippen LogP contribution in [-0.2, 0) is 4.79 Å². The molecule has 0 aromatic heterocycles. The molecule has 74 valence electrons. The van der Waals surface area contributed by atoms with Gasteiger partial charge in [0.2, 0.25) is 0 Å². The second kappa shape index (κ2) is 4.97. The van der Waals surface area contributed by atoms with Crippen molar-refractivity contribution in [2.75, 3.05) is 13.1 Å². The third-order valence-electron chi connectivity index (χ3n) is 2.13. The largest absolute Gasteiger partial charge is 0.478 e. The number of rotatable bonds is 3. The Morgan fingerprint density at radius 1 is 1.62 bits per heavy atom. The van der Waals surface area contributed by atoms with Crippen LogP contribution in [0.1, 0.15) is 19.3 Å². The molecule has 13 heavy (non-hydrogen) atoms. The zero-order chi connectivity index (χ0) is 9.68. The van der Waals surface area contributed by atoms with Crippen molar-refractivity contribution in [1.82, 2.24) is 4.90 Å². The molecule has 1 heterocycles. The highest BCUT2D eigenvalue weighted by Crippen LogP contribution is 2.17. The maximum absolute atomic E-state index is 13.1. The van der Waals surface area contributed by atoms with Crippen molar-refractivity contribution in [1.29, 1.82) is 0 Å². The Morgan fingerprint density at radius 3 is 3.00 bits per heavy atom. The number of likely N-dealkylation sites (tertiary alicyclic amines) is 1. The molecule has 1 saturated heterocycles. The Kier molecular flexibility index (Phi) is 3.89. The second-order valence-electron chi connectivity index (χ2n) is 3.17. The zero-order valence-electron chi connectivity index (χ0n) is 7.45. The molecule has 0 aromatic rings. The Labute approximate surface area is 76.8 Å². The summed E-state index contributed by atoms with van der Waals surface area (Å²) in [5.41, 5.74) is 0. The van der Waals surface area contributed by atoms with Crippen LogP contribution >= 0.6 is 0 Å². The van der Waals surface area contributed by atoms with Crippen molar-refractivity contribution in [2.24, 2.45) is 0 Å². The Bertz CT molecular complexity index is 206. The monoisotopic (exact) mass is 187 g/mol. The first kappa shape index (κ1) is 10.2. The van der Waals surface area contributed by atoms with Crippen LogP contribution in [-0.4, -0.2) is 35.4 Å². The number of carboxylic acids is 1. The van der Waals surface area contributed by atoms with E-state index in [1.165, 1.54) is 6.08 Å². The van der Waals surface area contributed by atoms with Crippen LogP contribution in [0.2, 0.25) is 0 Å². The van der Waals surface area contributed by atoms with Crippen molar-refractivity contribution < 1.29 is 14.3 Å². The Morgan fingerprint density at radius 2 is 2.38 bits per heavy atom. The third-order valence-corrected chi connectivity index (χ3v) is 2.13. The lowest BCUT2D eigenvalue weighted by atomic mass is 10.1. The van der Waals surface area contributed by atoms with Crippen molar-refractivity contribution in [3.63, 3.8) is 0 Å². The Hall–Kier alpha value is -0.900. The minimum absolute atomic E-state index is 0.396. The van der Waals surface area contributed by atoms with Gasteiger partial charge in [0.25, 0.3) is 0 Å². The van der Waals surface area contributed by atoms with Gasteiger partial charge in [-0.2, -0.15) is 0 Å². The minimum atomic E-state index is -0.979. The average Bonchev–Trinajstić information content (AvgIpc) is 2.08. The van der Waals surface area contributed by atoms with Gasteiger partial charge in [0, 0.05) is 19.2 Å². The molecule has 1 aliphatic heterocycles. The number of hydrogen-bond donors (Lipinski definition) is 1. The summed E-state index contributed by atoms with van der Waals surface area (Å²) in [6.45, 7) is 1.12. The van der Waals surface area contributed by atoms with Crippen LogP contribution < -0.4 is 0 Å². The van der Waals surface area contributed by atoms with Gasteiger partial charge in [-0.3, -0.25) is 4.90 Å². The number of carboxylic acid groups (broad SMARTS) is 1. The van der Waals surface area contributed by atoms with E-state index in [-0.39, 0.29) is 0 Å². The molecule has 4 heteroatoms. The van der Waals surface area contributed by atoms with Crippen LogP contribution in [0.4, 0.5) is 4.39 Å². The molecule has 0 spiro atoms. The van der Waals surface area contributed by atoms with E-state index in [0.29, 0.717) is 13.0 Å².